The van der Waals surface area contributed by atoms with Gasteiger partial charge in [-0.1, -0.05) is 11.8 Å². The third-order valence-electron chi connectivity index (χ3n) is 2.71. The molecule has 2 N–H and O–H groups in total. The van der Waals surface area contributed by atoms with Gasteiger partial charge >= 0.3 is 0 Å². The SMILES string of the molecule is Cc1nc(C)c(C#N)c(SCc2nc(N)nc(N(C)C)n2)n1. The largest absolute Gasteiger partial charge is 0.368 e. The van der Waals surface area contributed by atoms with E-state index in [2.05, 4.69) is 31.0 Å². The molecule has 0 atom stereocenters. The van der Waals surface area contributed by atoms with Crippen molar-refractivity contribution in [3.63, 3.8) is 0 Å². The predicted molar refractivity (Wildman–Crippen MR) is 84.3 cm³/mol. The minimum atomic E-state index is 0.171. The normalized spacial score (nSPS) is 10.3. The second-order valence-corrected chi connectivity index (χ2v) is 5.71. The average Bonchev–Trinajstić information content (AvgIpc) is 2.44. The van der Waals surface area contributed by atoms with E-state index in [0.717, 1.165) is 0 Å². The number of aromatic nitrogens is 5. The lowest BCUT2D eigenvalue weighted by Gasteiger charge is -2.11. The fourth-order valence-electron chi connectivity index (χ4n) is 1.74. The van der Waals surface area contributed by atoms with Crippen molar-refractivity contribution in [2.24, 2.45) is 0 Å². The molecule has 0 bridgehead atoms. The Morgan fingerprint density at radius 3 is 2.50 bits per heavy atom. The van der Waals surface area contributed by atoms with Gasteiger partial charge in [-0.3, -0.25) is 0 Å². The first kappa shape index (κ1) is 15.9. The Labute approximate surface area is 132 Å². The summed E-state index contributed by atoms with van der Waals surface area (Å²) in [5, 5.41) is 9.86. The van der Waals surface area contributed by atoms with Gasteiger partial charge in [0.15, 0.2) is 0 Å². The Kier molecular flexibility index (Phi) is 4.72. The molecule has 0 amide bonds. The first-order chi connectivity index (χ1) is 10.4. The van der Waals surface area contributed by atoms with E-state index in [1.165, 1.54) is 11.8 Å². The van der Waals surface area contributed by atoms with Crippen molar-refractivity contribution >= 4 is 23.7 Å². The summed E-state index contributed by atoms with van der Waals surface area (Å²) in [4.78, 5) is 22.8. The van der Waals surface area contributed by atoms with Crippen molar-refractivity contribution in [2.75, 3.05) is 24.7 Å². The molecule has 0 fully saturated rings. The van der Waals surface area contributed by atoms with E-state index in [4.69, 9.17) is 5.73 Å². The summed E-state index contributed by atoms with van der Waals surface area (Å²) in [6.45, 7) is 3.59. The molecule has 0 unspecified atom stereocenters. The molecule has 22 heavy (non-hydrogen) atoms. The number of nitriles is 1. The first-order valence-corrected chi connectivity index (χ1v) is 7.45. The van der Waals surface area contributed by atoms with E-state index in [1.54, 1.807) is 18.7 Å². The summed E-state index contributed by atoms with van der Waals surface area (Å²) in [7, 11) is 3.66. The maximum atomic E-state index is 9.24. The molecule has 0 radical (unpaired) electrons. The van der Waals surface area contributed by atoms with Gasteiger partial charge in [-0.15, -0.1) is 0 Å². The molecule has 0 saturated heterocycles. The van der Waals surface area contributed by atoms with Gasteiger partial charge in [-0.25, -0.2) is 9.97 Å². The number of nitrogens with zero attached hydrogens (tertiary/aromatic N) is 7. The van der Waals surface area contributed by atoms with Crippen molar-refractivity contribution in [3.8, 4) is 6.07 Å². The number of thioether (sulfide) groups is 1. The summed E-state index contributed by atoms with van der Waals surface area (Å²) in [6.07, 6.45) is 0. The van der Waals surface area contributed by atoms with Crippen molar-refractivity contribution in [1.82, 2.24) is 24.9 Å². The van der Waals surface area contributed by atoms with Crippen LogP contribution >= 0.6 is 11.8 Å². The maximum Gasteiger partial charge on any atom is 0.229 e. The van der Waals surface area contributed by atoms with Crippen molar-refractivity contribution in [3.05, 3.63) is 22.9 Å². The molecule has 0 aliphatic heterocycles. The highest BCUT2D eigenvalue weighted by Gasteiger charge is 2.13. The molecule has 2 aromatic heterocycles. The minimum absolute atomic E-state index is 0.171. The highest BCUT2D eigenvalue weighted by atomic mass is 32.2. The van der Waals surface area contributed by atoms with Crippen LogP contribution in [0.3, 0.4) is 0 Å². The molecule has 0 aromatic carbocycles. The second-order valence-electron chi connectivity index (χ2n) is 4.74. The third-order valence-corrected chi connectivity index (χ3v) is 3.68. The fourth-order valence-corrected chi connectivity index (χ4v) is 2.67. The molecular weight excluding hydrogens is 300 g/mol. The van der Waals surface area contributed by atoms with Gasteiger partial charge in [0.05, 0.1) is 11.4 Å². The van der Waals surface area contributed by atoms with Gasteiger partial charge in [-0.2, -0.15) is 20.2 Å². The Hall–Kier alpha value is -2.47. The van der Waals surface area contributed by atoms with Crippen LogP contribution in [0.25, 0.3) is 0 Å². The molecule has 8 nitrogen and oxygen atoms in total. The molecule has 2 rings (SSSR count). The number of nitrogens with two attached hydrogens (primary N) is 1. The quantitative estimate of drug-likeness (QED) is 0.653. The molecule has 0 aliphatic rings. The zero-order chi connectivity index (χ0) is 16.3. The summed E-state index contributed by atoms with van der Waals surface area (Å²) in [5.41, 5.74) is 6.84. The van der Waals surface area contributed by atoms with Gasteiger partial charge in [0.2, 0.25) is 11.9 Å². The van der Waals surface area contributed by atoms with Gasteiger partial charge < -0.3 is 10.6 Å². The number of anilines is 2. The number of aryl methyl sites for hydroxylation is 2. The summed E-state index contributed by atoms with van der Waals surface area (Å²) in [5.74, 6) is 2.28. The number of hydrogen-bond donors (Lipinski definition) is 1. The summed E-state index contributed by atoms with van der Waals surface area (Å²) in [6, 6.07) is 2.14. The zero-order valence-corrected chi connectivity index (χ0v) is 13.6. The summed E-state index contributed by atoms with van der Waals surface area (Å²) < 4.78 is 0. The molecule has 114 valence electrons. The lowest BCUT2D eigenvalue weighted by atomic mass is 10.3. The van der Waals surface area contributed by atoms with E-state index in [0.29, 0.717) is 39.6 Å². The number of rotatable bonds is 4. The number of hydrogen-bond acceptors (Lipinski definition) is 9. The predicted octanol–water partition coefficient (Wildman–Crippen LogP) is 1.09. The van der Waals surface area contributed by atoms with Crippen LogP contribution < -0.4 is 10.6 Å². The Bertz CT molecular complexity index is 738. The Morgan fingerprint density at radius 2 is 1.86 bits per heavy atom. The summed E-state index contributed by atoms with van der Waals surface area (Å²) >= 11 is 1.38. The molecule has 0 aliphatic carbocycles. The van der Waals surface area contributed by atoms with Gasteiger partial charge in [-0.05, 0) is 13.8 Å². The van der Waals surface area contributed by atoms with E-state index < -0.39 is 0 Å². The van der Waals surface area contributed by atoms with Crippen molar-refractivity contribution in [2.45, 2.75) is 24.6 Å². The molecule has 9 heteroatoms. The van der Waals surface area contributed by atoms with Gasteiger partial charge in [0.25, 0.3) is 0 Å². The molecule has 0 saturated carbocycles. The van der Waals surface area contributed by atoms with Crippen LogP contribution in [0.15, 0.2) is 5.03 Å². The van der Waals surface area contributed by atoms with Crippen LogP contribution in [-0.2, 0) is 5.75 Å². The Balaban J connectivity index is 2.26. The Morgan fingerprint density at radius 1 is 1.14 bits per heavy atom. The smallest absolute Gasteiger partial charge is 0.229 e. The standard InChI is InChI=1S/C13H16N8S/c1-7-9(5-14)11(17-8(2)16-7)22-6-10-18-12(15)20-13(19-10)21(3)4/h6H2,1-4H3,(H2,15,18,19,20). The third kappa shape index (κ3) is 3.59. The van der Waals surface area contributed by atoms with Crippen LogP contribution in [0.1, 0.15) is 22.9 Å². The van der Waals surface area contributed by atoms with Crippen LogP contribution in [0, 0.1) is 25.2 Å². The lowest BCUT2D eigenvalue weighted by Crippen LogP contribution is -2.16. The number of nitrogen functional groups attached to an aromatic ring is 1. The fraction of sp³-hybridized carbons (Fsp3) is 0.385. The highest BCUT2D eigenvalue weighted by Crippen LogP contribution is 2.25. The van der Waals surface area contributed by atoms with E-state index in [1.807, 2.05) is 14.1 Å². The maximum absolute atomic E-state index is 9.24. The van der Waals surface area contributed by atoms with E-state index in [-0.39, 0.29) is 5.95 Å². The first-order valence-electron chi connectivity index (χ1n) is 6.46. The van der Waals surface area contributed by atoms with Gasteiger partial charge in [0.1, 0.15) is 28.3 Å². The van der Waals surface area contributed by atoms with Gasteiger partial charge in [0, 0.05) is 14.1 Å². The van der Waals surface area contributed by atoms with Crippen molar-refractivity contribution < 1.29 is 0 Å². The zero-order valence-electron chi connectivity index (χ0n) is 12.8. The van der Waals surface area contributed by atoms with Crippen LogP contribution in [-0.4, -0.2) is 39.0 Å². The monoisotopic (exact) mass is 316 g/mol. The highest BCUT2D eigenvalue weighted by molar-refractivity contribution is 7.98. The van der Waals surface area contributed by atoms with E-state index in [9.17, 15) is 5.26 Å². The lowest BCUT2D eigenvalue weighted by molar-refractivity contribution is 0.908. The molecular formula is C13H16N8S. The van der Waals surface area contributed by atoms with E-state index >= 15 is 0 Å². The topological polar surface area (TPSA) is 118 Å². The van der Waals surface area contributed by atoms with Crippen LogP contribution in [0.4, 0.5) is 11.9 Å². The molecule has 2 aromatic rings. The molecule has 2 heterocycles. The van der Waals surface area contributed by atoms with Crippen LogP contribution in [0.2, 0.25) is 0 Å². The van der Waals surface area contributed by atoms with Crippen molar-refractivity contribution in [1.29, 1.82) is 5.26 Å². The second kappa shape index (κ2) is 6.53. The average molecular weight is 316 g/mol. The van der Waals surface area contributed by atoms with Crippen LogP contribution in [0.5, 0.6) is 0 Å². The minimum Gasteiger partial charge on any atom is -0.368 e. The molecule has 0 spiro atoms.